The minimum Gasteiger partial charge on any atom is -0.372 e. The first-order chi connectivity index (χ1) is 7.99. The number of rotatable bonds is 5. The second-order valence-electron chi connectivity index (χ2n) is 3.62. The molecule has 1 heterocycles. The average Bonchev–Trinajstić information content (AvgIpc) is 2.29. The minimum absolute atomic E-state index is 0.522. The Labute approximate surface area is 98.4 Å². The van der Waals surface area contributed by atoms with Gasteiger partial charge in [0.25, 0.3) is 0 Å². The van der Waals surface area contributed by atoms with E-state index in [-0.39, 0.29) is 0 Å². The third-order valence-electron chi connectivity index (χ3n) is 2.41. The quantitative estimate of drug-likeness (QED) is 0.868. The summed E-state index contributed by atoms with van der Waals surface area (Å²) in [6.45, 7) is 3.70. The van der Waals surface area contributed by atoms with Crippen molar-refractivity contribution in [3.05, 3.63) is 24.0 Å². The lowest BCUT2D eigenvalue weighted by Gasteiger charge is -2.23. The van der Waals surface area contributed by atoms with Gasteiger partial charge in [-0.25, -0.2) is 0 Å². The maximum absolute atomic E-state index is 12.5. The molecule has 17 heavy (non-hydrogen) atoms. The largest absolute Gasteiger partial charge is 0.433 e. The van der Waals surface area contributed by atoms with Crippen molar-refractivity contribution in [3.63, 3.8) is 0 Å². The maximum Gasteiger partial charge on any atom is 0.433 e. The zero-order chi connectivity index (χ0) is 12.9. The lowest BCUT2D eigenvalue weighted by atomic mass is 10.2. The number of alkyl halides is 3. The van der Waals surface area contributed by atoms with Gasteiger partial charge in [0.2, 0.25) is 0 Å². The highest BCUT2D eigenvalue weighted by molar-refractivity contribution is 5.46. The monoisotopic (exact) mass is 247 g/mol. The van der Waals surface area contributed by atoms with Crippen LogP contribution in [0.1, 0.15) is 19.0 Å². The molecule has 0 fully saturated rings. The Morgan fingerprint density at radius 3 is 2.65 bits per heavy atom. The van der Waals surface area contributed by atoms with Crippen LogP contribution in [0.15, 0.2) is 18.3 Å². The van der Waals surface area contributed by atoms with E-state index in [4.69, 9.17) is 5.73 Å². The molecule has 6 heteroatoms. The summed E-state index contributed by atoms with van der Waals surface area (Å²) < 4.78 is 37.5. The molecular weight excluding hydrogens is 231 g/mol. The normalized spacial score (nSPS) is 11.6. The highest BCUT2D eigenvalue weighted by atomic mass is 19.4. The number of hydrogen-bond acceptors (Lipinski definition) is 3. The van der Waals surface area contributed by atoms with Gasteiger partial charge in [-0.1, -0.05) is 0 Å². The van der Waals surface area contributed by atoms with E-state index in [2.05, 4.69) is 4.98 Å². The highest BCUT2D eigenvalue weighted by Crippen LogP contribution is 2.29. The number of nitrogens with two attached hydrogens (primary N) is 1. The molecule has 3 nitrogen and oxygen atoms in total. The Morgan fingerprint density at radius 2 is 2.12 bits per heavy atom. The molecule has 0 aliphatic carbocycles. The summed E-state index contributed by atoms with van der Waals surface area (Å²) in [6.07, 6.45) is -2.47. The van der Waals surface area contributed by atoms with Gasteiger partial charge in [-0.05, 0) is 32.0 Å². The zero-order valence-corrected chi connectivity index (χ0v) is 9.67. The summed E-state index contributed by atoms with van der Waals surface area (Å²) in [4.78, 5) is 5.18. The van der Waals surface area contributed by atoms with Gasteiger partial charge in [0.1, 0.15) is 5.69 Å². The van der Waals surface area contributed by atoms with E-state index >= 15 is 0 Å². The lowest BCUT2D eigenvalue weighted by molar-refractivity contribution is -0.141. The molecule has 1 aromatic heterocycles. The smallest absolute Gasteiger partial charge is 0.372 e. The number of aromatic nitrogens is 1. The van der Waals surface area contributed by atoms with Crippen LogP contribution in [0.5, 0.6) is 0 Å². The molecule has 0 saturated heterocycles. The Kier molecular flexibility index (Phi) is 4.74. The molecule has 0 aliphatic heterocycles. The fourth-order valence-corrected chi connectivity index (χ4v) is 1.52. The van der Waals surface area contributed by atoms with Crippen LogP contribution in [0.3, 0.4) is 0 Å². The maximum atomic E-state index is 12.5. The fourth-order valence-electron chi connectivity index (χ4n) is 1.52. The second-order valence-corrected chi connectivity index (χ2v) is 3.62. The van der Waals surface area contributed by atoms with Gasteiger partial charge in [0.05, 0.1) is 0 Å². The van der Waals surface area contributed by atoms with Gasteiger partial charge >= 0.3 is 6.18 Å². The van der Waals surface area contributed by atoms with Crippen molar-refractivity contribution in [2.24, 2.45) is 5.73 Å². The van der Waals surface area contributed by atoms with Crippen LogP contribution >= 0.6 is 0 Å². The summed E-state index contributed by atoms with van der Waals surface area (Å²) >= 11 is 0. The number of halogens is 3. The summed E-state index contributed by atoms with van der Waals surface area (Å²) in [6, 6.07) is 2.65. The van der Waals surface area contributed by atoms with E-state index in [0.717, 1.165) is 12.5 Å². The van der Waals surface area contributed by atoms with E-state index in [1.54, 1.807) is 6.07 Å². The molecule has 2 N–H and O–H groups in total. The average molecular weight is 247 g/mol. The van der Waals surface area contributed by atoms with Gasteiger partial charge in [-0.15, -0.1) is 0 Å². The van der Waals surface area contributed by atoms with Crippen LogP contribution in [-0.2, 0) is 6.18 Å². The molecule has 1 aromatic rings. The first kappa shape index (κ1) is 13.8. The molecule has 0 aromatic carbocycles. The number of hydrogen-bond donors (Lipinski definition) is 1. The van der Waals surface area contributed by atoms with Crippen LogP contribution < -0.4 is 10.6 Å². The van der Waals surface area contributed by atoms with Crippen molar-refractivity contribution in [3.8, 4) is 0 Å². The summed E-state index contributed by atoms with van der Waals surface area (Å²) in [7, 11) is 0. The zero-order valence-electron chi connectivity index (χ0n) is 9.67. The predicted molar refractivity (Wildman–Crippen MR) is 60.8 cm³/mol. The van der Waals surface area contributed by atoms with E-state index in [9.17, 15) is 13.2 Å². The lowest BCUT2D eigenvalue weighted by Crippen LogP contribution is -2.26. The first-order valence-electron chi connectivity index (χ1n) is 5.47. The fraction of sp³-hybridized carbons (Fsp3) is 0.545. The Bertz CT molecular complexity index is 352. The van der Waals surface area contributed by atoms with Crippen molar-refractivity contribution in [1.29, 1.82) is 0 Å². The highest BCUT2D eigenvalue weighted by Gasteiger charge is 2.32. The predicted octanol–water partition coefficient (Wildman–Crippen LogP) is 2.28. The van der Waals surface area contributed by atoms with Gasteiger partial charge in [0.15, 0.2) is 0 Å². The molecule has 0 amide bonds. The molecule has 0 bridgehead atoms. The van der Waals surface area contributed by atoms with Crippen LogP contribution in [0.25, 0.3) is 0 Å². The summed E-state index contributed by atoms with van der Waals surface area (Å²) in [5, 5.41) is 0. The third kappa shape index (κ3) is 3.89. The van der Waals surface area contributed by atoms with Gasteiger partial charge in [0, 0.05) is 25.0 Å². The summed E-state index contributed by atoms with van der Waals surface area (Å²) in [5.74, 6) is 0. The number of nitrogens with zero attached hydrogens (tertiary/aromatic N) is 2. The van der Waals surface area contributed by atoms with E-state index in [1.165, 1.54) is 6.20 Å². The van der Waals surface area contributed by atoms with E-state index in [0.29, 0.717) is 25.3 Å². The molecule has 0 unspecified atom stereocenters. The molecule has 96 valence electrons. The van der Waals surface area contributed by atoms with Crippen molar-refractivity contribution in [2.45, 2.75) is 19.5 Å². The third-order valence-corrected chi connectivity index (χ3v) is 2.41. The van der Waals surface area contributed by atoms with Gasteiger partial charge in [-0.2, -0.15) is 13.2 Å². The van der Waals surface area contributed by atoms with Gasteiger partial charge < -0.3 is 10.6 Å². The number of pyridine rings is 1. The molecule has 0 aliphatic rings. The molecule has 0 radical (unpaired) electrons. The Hall–Kier alpha value is -1.30. The molecule has 0 atom stereocenters. The standard InChI is InChI=1S/C11H16F3N3/c1-2-17(7-3-5-15)9-4-6-16-10(8-9)11(12,13)14/h4,6,8H,2-3,5,7,15H2,1H3. The minimum atomic E-state index is -4.40. The van der Waals surface area contributed by atoms with E-state index < -0.39 is 11.9 Å². The van der Waals surface area contributed by atoms with Crippen molar-refractivity contribution < 1.29 is 13.2 Å². The molecular formula is C11H16F3N3. The van der Waals surface area contributed by atoms with Crippen molar-refractivity contribution in [2.75, 3.05) is 24.5 Å². The SMILES string of the molecule is CCN(CCCN)c1ccnc(C(F)(F)F)c1. The Balaban J connectivity index is 2.89. The van der Waals surface area contributed by atoms with Crippen LogP contribution in [0.2, 0.25) is 0 Å². The topological polar surface area (TPSA) is 42.1 Å². The summed E-state index contributed by atoms with van der Waals surface area (Å²) in [5.41, 5.74) is 5.06. The first-order valence-corrected chi connectivity index (χ1v) is 5.47. The second kappa shape index (κ2) is 5.86. The Morgan fingerprint density at radius 1 is 1.41 bits per heavy atom. The van der Waals surface area contributed by atoms with Crippen molar-refractivity contribution >= 4 is 5.69 Å². The van der Waals surface area contributed by atoms with Gasteiger partial charge in [-0.3, -0.25) is 4.98 Å². The van der Waals surface area contributed by atoms with Crippen LogP contribution in [-0.4, -0.2) is 24.6 Å². The molecule has 0 spiro atoms. The van der Waals surface area contributed by atoms with Crippen LogP contribution in [0.4, 0.5) is 18.9 Å². The van der Waals surface area contributed by atoms with Crippen LogP contribution in [0, 0.1) is 0 Å². The van der Waals surface area contributed by atoms with Crippen molar-refractivity contribution in [1.82, 2.24) is 4.98 Å². The van der Waals surface area contributed by atoms with E-state index in [1.807, 2.05) is 11.8 Å². The molecule has 0 saturated carbocycles. The number of anilines is 1. The molecule has 1 rings (SSSR count).